The number of benzene rings is 1. The highest BCUT2D eigenvalue weighted by Gasteiger charge is 2.22. The van der Waals surface area contributed by atoms with E-state index in [1.54, 1.807) is 18.2 Å². The van der Waals surface area contributed by atoms with Gasteiger partial charge in [-0.1, -0.05) is 0 Å². The minimum absolute atomic E-state index is 0.180. The molecule has 0 spiro atoms. The Balaban J connectivity index is 2.07. The van der Waals surface area contributed by atoms with Crippen molar-refractivity contribution in [1.82, 2.24) is 5.32 Å². The Kier molecular flexibility index (Phi) is 7.06. The molecule has 1 aliphatic carbocycles. The third-order valence-corrected chi connectivity index (χ3v) is 4.24. The molecule has 1 aromatic carbocycles. The van der Waals surface area contributed by atoms with E-state index < -0.39 is 17.9 Å². The number of carboxylic acid groups (broad SMARTS) is 1. The molecule has 2 rings (SSSR count). The number of hydrogen-bond acceptors (Lipinski definition) is 5. The molecule has 138 valence electrons. The molecule has 0 aromatic heterocycles. The van der Waals surface area contributed by atoms with Crippen molar-refractivity contribution < 1.29 is 28.9 Å². The predicted molar refractivity (Wildman–Crippen MR) is 91.3 cm³/mol. The van der Waals surface area contributed by atoms with Gasteiger partial charge >= 0.3 is 5.97 Å². The second-order valence-corrected chi connectivity index (χ2v) is 6.04. The Hall–Kier alpha value is -2.28. The minimum Gasteiger partial charge on any atom is -0.493 e. The summed E-state index contributed by atoms with van der Waals surface area (Å²) in [6, 6.07) is 3.86. The van der Waals surface area contributed by atoms with Crippen molar-refractivity contribution >= 4 is 11.9 Å². The van der Waals surface area contributed by atoms with Crippen LogP contribution in [0.1, 0.15) is 42.5 Å². The Morgan fingerprint density at radius 2 is 1.96 bits per heavy atom. The number of methoxy groups -OCH3 is 2. The minimum atomic E-state index is -1.10. The fraction of sp³-hybridized carbons (Fsp3) is 0.556. The van der Waals surface area contributed by atoms with E-state index in [1.165, 1.54) is 14.2 Å². The number of nitrogens with one attached hydrogen (secondary N) is 1. The van der Waals surface area contributed by atoms with E-state index in [-0.39, 0.29) is 19.1 Å². The first kappa shape index (κ1) is 19.1. The number of carbonyl (C=O) groups is 2. The lowest BCUT2D eigenvalue weighted by atomic mass is 10.1. The zero-order chi connectivity index (χ0) is 18.2. The highest BCUT2D eigenvalue weighted by Crippen LogP contribution is 2.32. The third-order valence-electron chi connectivity index (χ3n) is 4.24. The normalized spacial score (nSPS) is 15.6. The molecule has 1 aliphatic rings. The van der Waals surface area contributed by atoms with E-state index in [4.69, 9.17) is 14.2 Å². The van der Waals surface area contributed by atoms with Crippen LogP contribution in [-0.2, 0) is 9.53 Å². The van der Waals surface area contributed by atoms with Gasteiger partial charge in [0.05, 0.1) is 13.2 Å². The summed E-state index contributed by atoms with van der Waals surface area (Å²) in [7, 11) is 2.99. The first-order valence-electron chi connectivity index (χ1n) is 8.42. The van der Waals surface area contributed by atoms with Crippen LogP contribution in [0.3, 0.4) is 0 Å². The quantitative estimate of drug-likeness (QED) is 0.709. The highest BCUT2D eigenvalue weighted by molar-refractivity contribution is 5.97. The summed E-state index contributed by atoms with van der Waals surface area (Å²) >= 11 is 0. The van der Waals surface area contributed by atoms with Gasteiger partial charge in [0.1, 0.15) is 6.04 Å². The van der Waals surface area contributed by atoms with Crippen LogP contribution in [0.4, 0.5) is 0 Å². The molecule has 0 radical (unpaired) electrons. The average Bonchev–Trinajstić information content (AvgIpc) is 3.11. The van der Waals surface area contributed by atoms with Crippen LogP contribution < -0.4 is 14.8 Å². The number of aliphatic carboxylic acids is 1. The van der Waals surface area contributed by atoms with Gasteiger partial charge in [-0.2, -0.15) is 0 Å². The van der Waals surface area contributed by atoms with Crippen LogP contribution in [-0.4, -0.2) is 50.0 Å². The second kappa shape index (κ2) is 9.27. The Morgan fingerprint density at radius 1 is 1.24 bits per heavy atom. The zero-order valence-corrected chi connectivity index (χ0v) is 14.6. The molecule has 25 heavy (non-hydrogen) atoms. The van der Waals surface area contributed by atoms with Crippen molar-refractivity contribution in [3.05, 3.63) is 23.8 Å². The first-order chi connectivity index (χ1) is 12.0. The second-order valence-electron chi connectivity index (χ2n) is 6.04. The molecular formula is C18H25NO6. The first-order valence-corrected chi connectivity index (χ1v) is 8.42. The summed E-state index contributed by atoms with van der Waals surface area (Å²) in [4.78, 5) is 23.6. The highest BCUT2D eigenvalue weighted by atomic mass is 16.5. The summed E-state index contributed by atoms with van der Waals surface area (Å²) in [6.07, 6.45) is 4.73. The Bertz CT molecular complexity index is 597. The molecule has 1 fully saturated rings. The smallest absolute Gasteiger partial charge is 0.326 e. The maximum absolute atomic E-state index is 12.3. The van der Waals surface area contributed by atoms with Gasteiger partial charge in [-0.3, -0.25) is 4.79 Å². The van der Waals surface area contributed by atoms with Crippen LogP contribution in [0.15, 0.2) is 18.2 Å². The molecule has 7 heteroatoms. The summed E-state index contributed by atoms with van der Waals surface area (Å²) in [6.45, 7) is 0.245. The van der Waals surface area contributed by atoms with Crippen molar-refractivity contribution in [2.45, 2.75) is 44.2 Å². The molecule has 1 aromatic rings. The summed E-state index contributed by atoms with van der Waals surface area (Å²) in [5.74, 6) is -0.517. The standard InChI is InChI=1S/C18H25NO6/c1-23-10-9-14(18(21)22)19-17(20)12-7-8-15(16(11-12)24-2)25-13-5-3-4-6-13/h7-8,11,13-14H,3-6,9-10H2,1-2H3,(H,19,20)(H,21,22). The van der Waals surface area contributed by atoms with Gasteiger partial charge < -0.3 is 24.6 Å². The summed E-state index contributed by atoms with van der Waals surface area (Å²) < 4.78 is 16.1. The van der Waals surface area contributed by atoms with Gasteiger partial charge in [-0.05, 0) is 43.9 Å². The predicted octanol–water partition coefficient (Wildman–Crippen LogP) is 2.24. The molecule has 1 unspecified atom stereocenters. The molecule has 2 N–H and O–H groups in total. The molecule has 1 atom stereocenters. The maximum Gasteiger partial charge on any atom is 0.326 e. The summed E-state index contributed by atoms with van der Waals surface area (Å²) in [5.41, 5.74) is 0.319. The van der Waals surface area contributed by atoms with Gasteiger partial charge in [0, 0.05) is 25.7 Å². The van der Waals surface area contributed by atoms with Gasteiger partial charge in [0.15, 0.2) is 11.5 Å². The molecule has 0 saturated heterocycles. The number of rotatable bonds is 9. The number of hydrogen-bond donors (Lipinski definition) is 2. The fourth-order valence-corrected chi connectivity index (χ4v) is 2.83. The van der Waals surface area contributed by atoms with Crippen LogP contribution in [0.25, 0.3) is 0 Å². The number of amides is 1. The lowest BCUT2D eigenvalue weighted by Crippen LogP contribution is -2.41. The van der Waals surface area contributed by atoms with E-state index in [1.807, 2.05) is 0 Å². The van der Waals surface area contributed by atoms with Crippen LogP contribution in [0, 0.1) is 0 Å². The van der Waals surface area contributed by atoms with Crippen LogP contribution in [0.5, 0.6) is 11.5 Å². The van der Waals surface area contributed by atoms with Crippen molar-refractivity contribution in [3.8, 4) is 11.5 Å². The van der Waals surface area contributed by atoms with Crippen LogP contribution >= 0.6 is 0 Å². The third kappa shape index (κ3) is 5.35. The van der Waals surface area contributed by atoms with Gasteiger partial charge in [-0.15, -0.1) is 0 Å². The molecule has 0 aliphatic heterocycles. The topological polar surface area (TPSA) is 94.1 Å². The van der Waals surface area contributed by atoms with Crippen molar-refractivity contribution in [2.24, 2.45) is 0 Å². The number of carbonyl (C=O) groups excluding carboxylic acids is 1. The molecule has 0 heterocycles. The monoisotopic (exact) mass is 351 g/mol. The van der Waals surface area contributed by atoms with E-state index in [2.05, 4.69) is 5.32 Å². The van der Waals surface area contributed by atoms with E-state index in [9.17, 15) is 14.7 Å². The van der Waals surface area contributed by atoms with Gasteiger partial charge in [0.25, 0.3) is 5.91 Å². The number of carboxylic acids is 1. The summed E-state index contributed by atoms with van der Waals surface area (Å²) in [5, 5.41) is 11.7. The molecule has 1 amide bonds. The van der Waals surface area contributed by atoms with Gasteiger partial charge in [-0.25, -0.2) is 4.79 Å². The largest absolute Gasteiger partial charge is 0.493 e. The molecule has 0 bridgehead atoms. The van der Waals surface area contributed by atoms with Crippen molar-refractivity contribution in [2.75, 3.05) is 20.8 Å². The zero-order valence-electron chi connectivity index (χ0n) is 14.6. The van der Waals surface area contributed by atoms with E-state index >= 15 is 0 Å². The Morgan fingerprint density at radius 3 is 2.56 bits per heavy atom. The fourth-order valence-electron chi connectivity index (χ4n) is 2.83. The van der Waals surface area contributed by atoms with E-state index in [0.717, 1.165) is 25.7 Å². The Labute approximate surface area is 147 Å². The molecular weight excluding hydrogens is 326 g/mol. The van der Waals surface area contributed by atoms with Gasteiger partial charge in [0.2, 0.25) is 0 Å². The molecule has 7 nitrogen and oxygen atoms in total. The average molecular weight is 351 g/mol. The van der Waals surface area contributed by atoms with Crippen LogP contribution in [0.2, 0.25) is 0 Å². The SMILES string of the molecule is COCCC(NC(=O)c1ccc(OC2CCCC2)c(OC)c1)C(=O)O. The number of ether oxygens (including phenoxy) is 3. The lowest BCUT2D eigenvalue weighted by Gasteiger charge is -2.17. The maximum atomic E-state index is 12.3. The van der Waals surface area contributed by atoms with Crippen molar-refractivity contribution in [3.63, 3.8) is 0 Å². The van der Waals surface area contributed by atoms with E-state index in [0.29, 0.717) is 17.1 Å². The lowest BCUT2D eigenvalue weighted by molar-refractivity contribution is -0.139. The molecule has 1 saturated carbocycles. The van der Waals surface area contributed by atoms with Crippen molar-refractivity contribution in [1.29, 1.82) is 0 Å².